The molecule has 0 fully saturated rings. The lowest BCUT2D eigenvalue weighted by molar-refractivity contribution is 0.0358. The highest BCUT2D eigenvalue weighted by molar-refractivity contribution is 5.49. The fourth-order valence-corrected chi connectivity index (χ4v) is 2.88. The summed E-state index contributed by atoms with van der Waals surface area (Å²) < 4.78 is 1.83. The number of nitrogen functional groups attached to an aromatic ring is 1. The Morgan fingerprint density at radius 1 is 1.47 bits per heavy atom. The van der Waals surface area contributed by atoms with Crippen LogP contribution in [0.4, 0.5) is 5.69 Å². The molecule has 0 radical (unpaired) electrons. The van der Waals surface area contributed by atoms with Gasteiger partial charge in [0.05, 0.1) is 5.60 Å². The summed E-state index contributed by atoms with van der Waals surface area (Å²) in [5.74, 6) is 0.828. The number of nitrogens with zero attached hydrogens (tertiary/aromatic N) is 3. The van der Waals surface area contributed by atoms with Crippen molar-refractivity contribution in [3.8, 4) is 0 Å². The van der Waals surface area contributed by atoms with E-state index in [1.54, 1.807) is 6.33 Å². The van der Waals surface area contributed by atoms with Gasteiger partial charge in [-0.3, -0.25) is 4.68 Å². The van der Waals surface area contributed by atoms with Gasteiger partial charge in [0.1, 0.15) is 12.2 Å². The number of nitrogens with two attached hydrogens (primary N) is 1. The van der Waals surface area contributed by atoms with Gasteiger partial charge in [-0.05, 0) is 43.0 Å². The molecule has 0 saturated heterocycles. The van der Waals surface area contributed by atoms with E-state index in [1.807, 2.05) is 29.8 Å². The Morgan fingerprint density at radius 2 is 2.32 bits per heavy atom. The first kappa shape index (κ1) is 12.2. The minimum absolute atomic E-state index is 0.498. The number of rotatable bonds is 3. The predicted octanol–water partition coefficient (Wildman–Crippen LogP) is 1.26. The molecule has 1 aromatic heterocycles. The lowest BCUT2D eigenvalue weighted by Gasteiger charge is -2.23. The highest BCUT2D eigenvalue weighted by Crippen LogP contribution is 2.39. The van der Waals surface area contributed by atoms with Crippen molar-refractivity contribution in [1.29, 1.82) is 0 Å². The third-order valence-corrected chi connectivity index (χ3v) is 3.88. The SMILES string of the molecule is CCn1ncnc1CC1(O)CCc2cc(N)ccc21. The van der Waals surface area contributed by atoms with Gasteiger partial charge in [0.2, 0.25) is 0 Å². The first-order valence-corrected chi connectivity index (χ1v) is 6.60. The molecule has 0 spiro atoms. The highest BCUT2D eigenvalue weighted by Gasteiger charge is 2.37. The van der Waals surface area contributed by atoms with Crippen LogP contribution >= 0.6 is 0 Å². The van der Waals surface area contributed by atoms with Crippen LogP contribution in [0.15, 0.2) is 24.5 Å². The van der Waals surface area contributed by atoms with Crippen LogP contribution in [-0.4, -0.2) is 19.9 Å². The summed E-state index contributed by atoms with van der Waals surface area (Å²) in [6.45, 7) is 2.78. The van der Waals surface area contributed by atoms with E-state index in [4.69, 9.17) is 5.73 Å². The van der Waals surface area contributed by atoms with Crippen molar-refractivity contribution in [3.63, 3.8) is 0 Å². The van der Waals surface area contributed by atoms with Crippen LogP contribution in [0.25, 0.3) is 0 Å². The van der Waals surface area contributed by atoms with E-state index in [-0.39, 0.29) is 0 Å². The zero-order chi connectivity index (χ0) is 13.5. The Balaban J connectivity index is 1.94. The Hall–Kier alpha value is -1.88. The van der Waals surface area contributed by atoms with Crippen LogP contribution in [-0.2, 0) is 25.0 Å². The standard InChI is InChI=1S/C14H18N4O/c1-2-18-13(16-9-17-18)8-14(19)6-5-10-7-11(15)3-4-12(10)14/h3-4,7,9,19H,2,5-6,8,15H2,1H3. The molecule has 1 aliphatic rings. The molecular formula is C14H18N4O. The monoisotopic (exact) mass is 258 g/mol. The molecule has 5 nitrogen and oxygen atoms in total. The molecule has 0 bridgehead atoms. The number of aliphatic hydroxyl groups is 1. The summed E-state index contributed by atoms with van der Waals surface area (Å²) in [6, 6.07) is 5.74. The summed E-state index contributed by atoms with van der Waals surface area (Å²) in [5.41, 5.74) is 7.82. The van der Waals surface area contributed by atoms with Gasteiger partial charge in [0.25, 0.3) is 0 Å². The van der Waals surface area contributed by atoms with Crippen molar-refractivity contribution in [2.75, 3.05) is 5.73 Å². The van der Waals surface area contributed by atoms with E-state index >= 15 is 0 Å². The van der Waals surface area contributed by atoms with Gasteiger partial charge in [-0.2, -0.15) is 5.10 Å². The summed E-state index contributed by atoms with van der Waals surface area (Å²) >= 11 is 0. The Bertz CT molecular complexity index is 607. The molecule has 1 unspecified atom stereocenters. The third-order valence-electron chi connectivity index (χ3n) is 3.88. The number of fused-ring (bicyclic) bond motifs is 1. The van der Waals surface area contributed by atoms with E-state index in [2.05, 4.69) is 10.1 Å². The molecule has 0 amide bonds. The maximum absolute atomic E-state index is 10.9. The van der Waals surface area contributed by atoms with Crippen LogP contribution in [0.1, 0.15) is 30.3 Å². The van der Waals surface area contributed by atoms with Crippen molar-refractivity contribution in [3.05, 3.63) is 41.5 Å². The Morgan fingerprint density at radius 3 is 3.11 bits per heavy atom. The lowest BCUT2D eigenvalue weighted by Crippen LogP contribution is -2.27. The molecule has 0 saturated carbocycles. The molecule has 19 heavy (non-hydrogen) atoms. The smallest absolute Gasteiger partial charge is 0.138 e. The van der Waals surface area contributed by atoms with Gasteiger partial charge in [-0.25, -0.2) is 4.98 Å². The molecule has 3 N–H and O–H groups in total. The van der Waals surface area contributed by atoms with Crippen molar-refractivity contribution >= 4 is 5.69 Å². The van der Waals surface area contributed by atoms with Gasteiger partial charge < -0.3 is 10.8 Å². The van der Waals surface area contributed by atoms with Gasteiger partial charge in [-0.1, -0.05) is 6.07 Å². The lowest BCUT2D eigenvalue weighted by atomic mass is 9.92. The molecule has 2 aromatic rings. The summed E-state index contributed by atoms with van der Waals surface area (Å²) in [7, 11) is 0. The number of hydrogen-bond acceptors (Lipinski definition) is 4. The van der Waals surface area contributed by atoms with Crippen molar-refractivity contribution in [2.24, 2.45) is 0 Å². The fraction of sp³-hybridized carbons (Fsp3) is 0.429. The second-order valence-electron chi connectivity index (χ2n) is 5.12. The quantitative estimate of drug-likeness (QED) is 0.812. The molecule has 1 atom stereocenters. The minimum atomic E-state index is -0.844. The van der Waals surface area contributed by atoms with Crippen LogP contribution in [0, 0.1) is 0 Å². The van der Waals surface area contributed by atoms with Crippen LogP contribution in [0.2, 0.25) is 0 Å². The first-order chi connectivity index (χ1) is 9.12. The number of aryl methyl sites for hydroxylation is 2. The molecule has 1 aromatic carbocycles. The molecule has 3 rings (SSSR count). The molecule has 0 aliphatic heterocycles. The van der Waals surface area contributed by atoms with Crippen LogP contribution in [0.5, 0.6) is 0 Å². The predicted molar refractivity (Wildman–Crippen MR) is 72.5 cm³/mol. The van der Waals surface area contributed by atoms with E-state index in [1.165, 1.54) is 0 Å². The summed E-state index contributed by atoms with van der Waals surface area (Å²) in [5, 5.41) is 15.1. The van der Waals surface area contributed by atoms with Gasteiger partial charge in [-0.15, -0.1) is 0 Å². The fourth-order valence-electron chi connectivity index (χ4n) is 2.88. The van der Waals surface area contributed by atoms with Crippen molar-refractivity contribution in [2.45, 2.75) is 38.3 Å². The average Bonchev–Trinajstić information content (AvgIpc) is 2.95. The topological polar surface area (TPSA) is 77.0 Å². The van der Waals surface area contributed by atoms with E-state index in [0.29, 0.717) is 12.8 Å². The summed E-state index contributed by atoms with van der Waals surface area (Å²) in [6.07, 6.45) is 3.61. The van der Waals surface area contributed by atoms with E-state index < -0.39 is 5.60 Å². The number of aromatic nitrogens is 3. The summed E-state index contributed by atoms with van der Waals surface area (Å²) in [4.78, 5) is 4.25. The zero-order valence-corrected chi connectivity index (χ0v) is 11.0. The van der Waals surface area contributed by atoms with Crippen LogP contribution in [0.3, 0.4) is 0 Å². The maximum Gasteiger partial charge on any atom is 0.138 e. The molecule has 100 valence electrons. The Kier molecular flexibility index (Phi) is 2.78. The van der Waals surface area contributed by atoms with Crippen LogP contribution < -0.4 is 5.73 Å². The van der Waals surface area contributed by atoms with E-state index in [9.17, 15) is 5.11 Å². The zero-order valence-electron chi connectivity index (χ0n) is 11.0. The molecule has 1 aliphatic carbocycles. The number of anilines is 1. The molecule has 5 heteroatoms. The maximum atomic E-state index is 10.9. The van der Waals surface area contributed by atoms with Gasteiger partial charge >= 0.3 is 0 Å². The molecular weight excluding hydrogens is 240 g/mol. The van der Waals surface area contributed by atoms with Gasteiger partial charge in [0, 0.05) is 18.7 Å². The van der Waals surface area contributed by atoms with E-state index in [0.717, 1.165) is 35.6 Å². The van der Waals surface area contributed by atoms with Gasteiger partial charge in [0.15, 0.2) is 0 Å². The normalized spacial score (nSPS) is 21.6. The first-order valence-electron chi connectivity index (χ1n) is 6.60. The second-order valence-corrected chi connectivity index (χ2v) is 5.12. The largest absolute Gasteiger partial charge is 0.399 e. The second kappa shape index (κ2) is 4.35. The average molecular weight is 258 g/mol. The van der Waals surface area contributed by atoms with Crippen molar-refractivity contribution in [1.82, 2.24) is 14.8 Å². The number of benzene rings is 1. The Labute approximate surface area is 112 Å². The highest BCUT2D eigenvalue weighted by atomic mass is 16.3. The third kappa shape index (κ3) is 2.00. The van der Waals surface area contributed by atoms with Crippen molar-refractivity contribution < 1.29 is 5.11 Å². The molecule has 1 heterocycles. The number of hydrogen-bond donors (Lipinski definition) is 2. The minimum Gasteiger partial charge on any atom is -0.399 e.